The van der Waals surface area contributed by atoms with Crippen LogP contribution in [0.1, 0.15) is 85.5 Å². The van der Waals surface area contributed by atoms with Gasteiger partial charge in [-0.25, -0.2) is 0 Å². The minimum absolute atomic E-state index is 0.0383. The molecule has 0 spiro atoms. The average Bonchev–Trinajstić information content (AvgIpc) is 2.86. The summed E-state index contributed by atoms with van der Waals surface area (Å²) in [5.41, 5.74) is 0.0383. The summed E-state index contributed by atoms with van der Waals surface area (Å²) >= 11 is 0. The number of fused-ring (bicyclic) bond motifs is 4. The van der Waals surface area contributed by atoms with Gasteiger partial charge in [0.15, 0.2) is 8.32 Å². The maximum Gasteiger partial charge on any atom is 0.192 e. The van der Waals surface area contributed by atoms with E-state index in [9.17, 15) is 4.79 Å². The quantitative estimate of drug-likeness (QED) is 0.497. The molecule has 4 saturated carbocycles. The van der Waals surface area contributed by atoms with Crippen LogP contribution in [0.4, 0.5) is 0 Å². The van der Waals surface area contributed by atoms with Crippen LogP contribution in [0.15, 0.2) is 0 Å². The van der Waals surface area contributed by atoms with E-state index in [0.29, 0.717) is 22.8 Å². The zero-order chi connectivity index (χ0) is 19.6. The summed E-state index contributed by atoms with van der Waals surface area (Å²) in [4.78, 5) is 12.5. The van der Waals surface area contributed by atoms with Gasteiger partial charge in [0.2, 0.25) is 0 Å². The molecule has 0 bridgehead atoms. The van der Waals surface area contributed by atoms with Crippen molar-refractivity contribution in [2.24, 2.45) is 35.0 Å². The van der Waals surface area contributed by atoms with Gasteiger partial charge in [-0.3, -0.25) is 4.79 Å². The molecule has 0 aromatic heterocycles. The fourth-order valence-electron chi connectivity index (χ4n) is 7.12. The van der Waals surface area contributed by atoms with Crippen LogP contribution in [-0.2, 0) is 9.22 Å². The number of hydrogen-bond donors (Lipinski definition) is 0. The molecule has 0 amide bonds. The Labute approximate surface area is 168 Å². The lowest BCUT2D eigenvalue weighted by molar-refractivity contribution is -0.132. The Kier molecular flexibility index (Phi) is 4.99. The Bertz CT molecular complexity index is 592. The van der Waals surface area contributed by atoms with Crippen LogP contribution >= 0.6 is 0 Å². The molecule has 0 saturated heterocycles. The summed E-state index contributed by atoms with van der Waals surface area (Å²) in [7, 11) is -1.66. The first-order chi connectivity index (χ1) is 12.5. The highest BCUT2D eigenvalue weighted by atomic mass is 28.4. The van der Waals surface area contributed by atoms with Crippen LogP contribution in [0.3, 0.4) is 0 Å². The minimum Gasteiger partial charge on any atom is -0.414 e. The molecule has 0 aliphatic heterocycles. The molecule has 4 aliphatic carbocycles. The van der Waals surface area contributed by atoms with Crippen LogP contribution in [0, 0.1) is 35.0 Å². The number of hydrogen-bond acceptors (Lipinski definition) is 2. The van der Waals surface area contributed by atoms with E-state index in [4.69, 9.17) is 4.43 Å². The fraction of sp³-hybridized carbons (Fsp3) is 0.958. The molecule has 2 nitrogen and oxygen atoms in total. The van der Waals surface area contributed by atoms with Crippen molar-refractivity contribution in [3.8, 4) is 0 Å². The van der Waals surface area contributed by atoms with Gasteiger partial charge in [-0.15, -0.1) is 0 Å². The Morgan fingerprint density at radius 2 is 1.67 bits per heavy atom. The van der Waals surface area contributed by atoms with Gasteiger partial charge in [-0.05, 0) is 99.1 Å². The average molecular weight is 391 g/mol. The fourth-order valence-corrected chi connectivity index (χ4v) is 8.52. The van der Waals surface area contributed by atoms with E-state index >= 15 is 0 Å². The highest BCUT2D eigenvalue weighted by molar-refractivity contribution is 6.74. The first-order valence-electron chi connectivity index (χ1n) is 11.7. The summed E-state index contributed by atoms with van der Waals surface area (Å²) in [5, 5.41) is 0.310. The van der Waals surface area contributed by atoms with Gasteiger partial charge in [0.1, 0.15) is 5.78 Å². The van der Waals surface area contributed by atoms with Crippen molar-refractivity contribution < 1.29 is 9.22 Å². The lowest BCUT2D eigenvalue weighted by atomic mass is 9.51. The second-order valence-corrected chi connectivity index (χ2v) is 17.0. The third kappa shape index (κ3) is 3.39. The maximum absolute atomic E-state index is 12.5. The normalized spacial score (nSPS) is 45.2. The lowest BCUT2D eigenvalue weighted by Gasteiger charge is -2.54. The summed E-state index contributed by atoms with van der Waals surface area (Å²) in [6, 6.07) is 0. The summed E-state index contributed by atoms with van der Waals surface area (Å²) in [6.07, 6.45) is 11.8. The molecule has 0 N–H and O–H groups in total. The summed E-state index contributed by atoms with van der Waals surface area (Å²) in [5.74, 6) is 4.80. The molecule has 0 aromatic carbocycles. The minimum atomic E-state index is -1.66. The molecule has 0 heterocycles. The summed E-state index contributed by atoms with van der Waals surface area (Å²) < 4.78 is 6.82. The zero-order valence-corrected chi connectivity index (χ0v) is 19.6. The lowest BCUT2D eigenvalue weighted by Crippen LogP contribution is -2.50. The van der Waals surface area contributed by atoms with Gasteiger partial charge >= 0.3 is 0 Å². The largest absolute Gasteiger partial charge is 0.414 e. The van der Waals surface area contributed by atoms with Crippen molar-refractivity contribution in [3.05, 3.63) is 0 Å². The van der Waals surface area contributed by atoms with Crippen molar-refractivity contribution in [2.45, 2.75) is 110 Å². The number of rotatable bonds is 2. The zero-order valence-electron chi connectivity index (χ0n) is 18.6. The monoisotopic (exact) mass is 390 g/mol. The standard InChI is InChI=1S/C24H42O2Si/c1-23(2,3)27(5,6)26-19-10-11-20-16(13-19)7-8-17-15-24(4)18(14-21(17)20)9-12-22(24)25/h16-21H,7-15H2,1-6H3/t16-,17-,18+,19+,20-,21-,24+/m1/s1. The van der Waals surface area contributed by atoms with E-state index < -0.39 is 8.32 Å². The van der Waals surface area contributed by atoms with Crippen LogP contribution in [0.5, 0.6) is 0 Å². The molecular formula is C24H42O2Si. The Morgan fingerprint density at radius 1 is 0.963 bits per heavy atom. The van der Waals surface area contributed by atoms with Gasteiger partial charge in [0.05, 0.1) is 0 Å². The van der Waals surface area contributed by atoms with E-state index in [1.54, 1.807) is 0 Å². The molecular weight excluding hydrogens is 348 g/mol. The van der Waals surface area contributed by atoms with Crippen molar-refractivity contribution in [3.63, 3.8) is 0 Å². The van der Waals surface area contributed by atoms with E-state index in [1.807, 2.05) is 0 Å². The first-order valence-corrected chi connectivity index (χ1v) is 14.6. The van der Waals surface area contributed by atoms with Crippen LogP contribution < -0.4 is 0 Å². The number of Topliss-reactive ketones (excluding diaryl/α,β-unsaturated/α-hetero) is 1. The second kappa shape index (κ2) is 6.69. The smallest absolute Gasteiger partial charge is 0.192 e. The van der Waals surface area contributed by atoms with E-state index in [2.05, 4.69) is 40.8 Å². The summed E-state index contributed by atoms with van der Waals surface area (Å²) in [6.45, 7) is 14.2. The molecule has 0 radical (unpaired) electrons. The Morgan fingerprint density at radius 3 is 2.37 bits per heavy atom. The molecule has 0 aromatic rings. The van der Waals surface area contributed by atoms with Gasteiger partial charge in [0.25, 0.3) is 0 Å². The van der Waals surface area contributed by atoms with E-state index in [0.717, 1.165) is 30.1 Å². The Hall–Kier alpha value is -0.153. The predicted molar refractivity (Wildman–Crippen MR) is 114 cm³/mol. The van der Waals surface area contributed by atoms with E-state index in [1.165, 1.54) is 51.4 Å². The van der Waals surface area contributed by atoms with Crippen molar-refractivity contribution in [2.75, 3.05) is 0 Å². The molecule has 3 heteroatoms. The molecule has 27 heavy (non-hydrogen) atoms. The predicted octanol–water partition coefficient (Wildman–Crippen LogP) is 6.60. The number of carbonyl (C=O) groups excluding carboxylic acids is 1. The van der Waals surface area contributed by atoms with Gasteiger partial charge in [-0.1, -0.05) is 27.7 Å². The number of ketones is 1. The highest BCUT2D eigenvalue weighted by Gasteiger charge is 2.55. The van der Waals surface area contributed by atoms with Crippen molar-refractivity contribution in [1.82, 2.24) is 0 Å². The van der Waals surface area contributed by atoms with E-state index in [-0.39, 0.29) is 5.41 Å². The topological polar surface area (TPSA) is 26.3 Å². The van der Waals surface area contributed by atoms with Gasteiger partial charge in [0, 0.05) is 17.9 Å². The molecule has 4 aliphatic rings. The molecule has 7 atom stereocenters. The second-order valence-electron chi connectivity index (χ2n) is 12.3. The molecule has 154 valence electrons. The van der Waals surface area contributed by atoms with Gasteiger partial charge in [-0.2, -0.15) is 0 Å². The van der Waals surface area contributed by atoms with Crippen molar-refractivity contribution >= 4 is 14.1 Å². The highest BCUT2D eigenvalue weighted by Crippen LogP contribution is 2.60. The Balaban J connectivity index is 1.42. The molecule has 0 unspecified atom stereocenters. The van der Waals surface area contributed by atoms with Crippen LogP contribution in [0.25, 0.3) is 0 Å². The number of carbonyl (C=O) groups is 1. The molecule has 4 fully saturated rings. The third-order valence-electron chi connectivity index (χ3n) is 9.83. The first kappa shape index (κ1) is 20.1. The SMILES string of the molecule is CC(C)(C)[Si](C)(C)O[C@H]1CC[C@@H]2[C@H](CC[C@@H]3C[C@]4(C)C(=O)CC[C@H]4C[C@H]32)C1. The third-order valence-corrected chi connectivity index (χ3v) is 14.4. The maximum atomic E-state index is 12.5. The molecule has 4 rings (SSSR count). The van der Waals surface area contributed by atoms with Crippen molar-refractivity contribution in [1.29, 1.82) is 0 Å². The van der Waals surface area contributed by atoms with Crippen LogP contribution in [0.2, 0.25) is 18.1 Å². The van der Waals surface area contributed by atoms with Crippen LogP contribution in [-0.4, -0.2) is 20.2 Å². The van der Waals surface area contributed by atoms with Gasteiger partial charge < -0.3 is 4.43 Å².